The van der Waals surface area contributed by atoms with Gasteiger partial charge in [-0.2, -0.15) is 13.2 Å². The maximum absolute atomic E-state index is 12.0. The molecule has 1 rings (SSSR count). The van der Waals surface area contributed by atoms with Crippen molar-refractivity contribution < 1.29 is 22.8 Å². The van der Waals surface area contributed by atoms with Crippen LogP contribution in [0.4, 0.5) is 13.2 Å². The van der Waals surface area contributed by atoms with E-state index in [9.17, 15) is 22.8 Å². The molecule has 0 spiro atoms. The molecule has 1 fully saturated rings. The second-order valence-corrected chi connectivity index (χ2v) is 3.16. The number of hydrogen-bond acceptors (Lipinski definition) is 3. The molecule has 0 aromatic rings. The molecular weight excluding hydrogens is 215 g/mol. The Labute approximate surface area is 83.4 Å². The zero-order valence-electron chi connectivity index (χ0n) is 7.67. The van der Waals surface area contributed by atoms with E-state index in [4.69, 9.17) is 5.73 Å². The van der Waals surface area contributed by atoms with Gasteiger partial charge in [-0.1, -0.05) is 0 Å². The number of piperazine rings is 1. The predicted octanol–water partition coefficient (Wildman–Crippen LogP) is -1.17. The first-order valence-electron chi connectivity index (χ1n) is 4.21. The Morgan fingerprint density at radius 2 is 2.00 bits per heavy atom. The van der Waals surface area contributed by atoms with Crippen LogP contribution in [0.2, 0.25) is 0 Å². The fourth-order valence-electron chi connectivity index (χ4n) is 1.30. The minimum Gasteiger partial charge on any atom is -0.368 e. The fraction of sp³-hybridized carbons (Fsp3) is 0.714. The van der Waals surface area contributed by atoms with Crippen LogP contribution in [0.3, 0.4) is 0 Å². The number of amides is 2. The van der Waals surface area contributed by atoms with Crippen molar-refractivity contribution in [3.8, 4) is 0 Å². The monoisotopic (exact) mass is 225 g/mol. The smallest absolute Gasteiger partial charge is 0.368 e. The molecule has 1 unspecified atom stereocenters. The zero-order chi connectivity index (χ0) is 11.6. The van der Waals surface area contributed by atoms with E-state index in [1.54, 1.807) is 0 Å². The lowest BCUT2D eigenvalue weighted by atomic mass is 10.2. The summed E-state index contributed by atoms with van der Waals surface area (Å²) in [7, 11) is 0. The van der Waals surface area contributed by atoms with Crippen molar-refractivity contribution in [2.75, 3.05) is 19.6 Å². The number of alkyl halides is 3. The summed E-state index contributed by atoms with van der Waals surface area (Å²) in [4.78, 5) is 22.1. The number of carbonyl (C=O) groups is 2. The van der Waals surface area contributed by atoms with E-state index in [0.29, 0.717) is 4.90 Å². The van der Waals surface area contributed by atoms with Crippen LogP contribution in [0.1, 0.15) is 0 Å². The third kappa shape index (κ3) is 2.82. The third-order valence-electron chi connectivity index (χ3n) is 2.05. The van der Waals surface area contributed by atoms with Gasteiger partial charge in [0.25, 0.3) is 0 Å². The van der Waals surface area contributed by atoms with Crippen molar-refractivity contribution in [2.24, 2.45) is 5.73 Å². The molecule has 0 saturated carbocycles. The van der Waals surface area contributed by atoms with Gasteiger partial charge < -0.3 is 16.0 Å². The van der Waals surface area contributed by atoms with Crippen molar-refractivity contribution in [1.82, 2.24) is 10.2 Å². The van der Waals surface area contributed by atoms with Gasteiger partial charge in [0.05, 0.1) is 0 Å². The van der Waals surface area contributed by atoms with Gasteiger partial charge in [-0.3, -0.25) is 9.59 Å². The lowest BCUT2D eigenvalue weighted by Crippen LogP contribution is -2.59. The first-order valence-corrected chi connectivity index (χ1v) is 4.21. The van der Waals surface area contributed by atoms with E-state index in [1.807, 2.05) is 0 Å². The largest absolute Gasteiger partial charge is 0.471 e. The highest BCUT2D eigenvalue weighted by Gasteiger charge is 2.44. The lowest BCUT2D eigenvalue weighted by molar-refractivity contribution is -0.186. The summed E-state index contributed by atoms with van der Waals surface area (Å²) in [6.45, 7) is -0.300. The first-order chi connectivity index (χ1) is 6.82. The fourth-order valence-corrected chi connectivity index (χ4v) is 1.30. The molecular formula is C7H10F3N3O2. The van der Waals surface area contributed by atoms with Crippen molar-refractivity contribution in [3.05, 3.63) is 0 Å². The highest BCUT2D eigenvalue weighted by atomic mass is 19.4. The molecule has 5 nitrogen and oxygen atoms in total. The minimum absolute atomic E-state index is 0.0812. The van der Waals surface area contributed by atoms with Crippen LogP contribution in [0.5, 0.6) is 0 Å². The van der Waals surface area contributed by atoms with Gasteiger partial charge in [0.2, 0.25) is 5.91 Å². The van der Waals surface area contributed by atoms with Crippen LogP contribution in [-0.2, 0) is 9.59 Å². The molecule has 1 aliphatic heterocycles. The lowest BCUT2D eigenvalue weighted by Gasteiger charge is -2.32. The maximum atomic E-state index is 12.0. The second-order valence-electron chi connectivity index (χ2n) is 3.16. The van der Waals surface area contributed by atoms with Crippen LogP contribution in [-0.4, -0.2) is 48.6 Å². The number of nitrogens with two attached hydrogens (primary N) is 1. The summed E-state index contributed by atoms with van der Waals surface area (Å²) >= 11 is 0. The molecule has 1 heterocycles. The standard InChI is InChI=1S/C7H10F3N3O2/c8-7(9,10)6(15)13-2-1-12-4(3-13)5(11)14/h4,12H,1-3H2,(H2,11,14). The zero-order valence-corrected chi connectivity index (χ0v) is 7.67. The van der Waals surface area contributed by atoms with E-state index in [0.717, 1.165) is 0 Å². The van der Waals surface area contributed by atoms with Crippen molar-refractivity contribution in [3.63, 3.8) is 0 Å². The summed E-state index contributed by atoms with van der Waals surface area (Å²) in [5, 5.41) is 2.62. The average molecular weight is 225 g/mol. The van der Waals surface area contributed by atoms with Gasteiger partial charge >= 0.3 is 12.1 Å². The van der Waals surface area contributed by atoms with Gasteiger partial charge in [0.1, 0.15) is 6.04 Å². The van der Waals surface area contributed by atoms with Crippen molar-refractivity contribution >= 4 is 11.8 Å². The van der Waals surface area contributed by atoms with Gasteiger partial charge in [-0.05, 0) is 0 Å². The molecule has 3 N–H and O–H groups in total. The van der Waals surface area contributed by atoms with Gasteiger partial charge in [-0.25, -0.2) is 0 Å². The van der Waals surface area contributed by atoms with E-state index in [-0.39, 0.29) is 19.6 Å². The molecule has 1 aliphatic rings. The van der Waals surface area contributed by atoms with Crippen LogP contribution >= 0.6 is 0 Å². The third-order valence-corrected chi connectivity index (χ3v) is 2.05. The van der Waals surface area contributed by atoms with Crippen LogP contribution in [0.25, 0.3) is 0 Å². The normalized spacial score (nSPS) is 22.6. The van der Waals surface area contributed by atoms with Crippen LogP contribution < -0.4 is 11.1 Å². The number of primary amides is 1. The highest BCUT2D eigenvalue weighted by Crippen LogP contribution is 2.19. The molecule has 86 valence electrons. The number of carbonyl (C=O) groups excluding carboxylic acids is 2. The summed E-state index contributed by atoms with van der Waals surface area (Å²) in [5.41, 5.74) is 4.92. The van der Waals surface area contributed by atoms with Gasteiger partial charge in [-0.15, -0.1) is 0 Å². The van der Waals surface area contributed by atoms with Gasteiger partial charge in [0.15, 0.2) is 0 Å². The highest BCUT2D eigenvalue weighted by molar-refractivity contribution is 5.84. The molecule has 1 atom stereocenters. The molecule has 8 heteroatoms. The molecule has 15 heavy (non-hydrogen) atoms. The van der Waals surface area contributed by atoms with Crippen LogP contribution in [0.15, 0.2) is 0 Å². The number of halogens is 3. The predicted molar refractivity (Wildman–Crippen MR) is 43.6 cm³/mol. The van der Waals surface area contributed by atoms with Crippen molar-refractivity contribution in [1.29, 1.82) is 0 Å². The average Bonchev–Trinajstić information content (AvgIpc) is 2.15. The molecule has 0 aromatic carbocycles. The van der Waals surface area contributed by atoms with E-state index in [2.05, 4.69) is 5.32 Å². The Morgan fingerprint density at radius 1 is 1.40 bits per heavy atom. The SMILES string of the molecule is NC(=O)C1CN(C(=O)C(F)(F)F)CCN1. The number of nitrogens with one attached hydrogen (secondary N) is 1. The molecule has 0 radical (unpaired) electrons. The molecule has 0 bridgehead atoms. The van der Waals surface area contributed by atoms with E-state index < -0.39 is 24.0 Å². The molecule has 0 aliphatic carbocycles. The number of hydrogen-bond donors (Lipinski definition) is 2. The number of nitrogens with zero attached hydrogens (tertiary/aromatic N) is 1. The summed E-state index contributed by atoms with van der Waals surface area (Å²) in [5.74, 6) is -2.70. The van der Waals surface area contributed by atoms with E-state index in [1.165, 1.54) is 0 Å². The maximum Gasteiger partial charge on any atom is 0.471 e. The summed E-state index contributed by atoms with van der Waals surface area (Å²) in [6.07, 6.45) is -4.90. The second kappa shape index (κ2) is 4.05. The Bertz CT molecular complexity index is 279. The Morgan fingerprint density at radius 3 is 2.47 bits per heavy atom. The Kier molecular flexibility index (Phi) is 3.18. The minimum atomic E-state index is -4.90. The Hall–Kier alpha value is -1.31. The van der Waals surface area contributed by atoms with E-state index >= 15 is 0 Å². The number of rotatable bonds is 1. The molecule has 1 saturated heterocycles. The molecule has 2 amide bonds. The van der Waals surface area contributed by atoms with Crippen molar-refractivity contribution in [2.45, 2.75) is 12.2 Å². The molecule has 0 aromatic heterocycles. The van der Waals surface area contributed by atoms with Gasteiger partial charge in [0, 0.05) is 19.6 Å². The Balaban J connectivity index is 2.64. The summed E-state index contributed by atoms with van der Waals surface area (Å²) < 4.78 is 36.1. The summed E-state index contributed by atoms with van der Waals surface area (Å²) in [6, 6.07) is -0.912. The van der Waals surface area contributed by atoms with Crippen LogP contribution in [0, 0.1) is 0 Å². The first kappa shape index (κ1) is 11.8. The topological polar surface area (TPSA) is 75.4 Å². The quantitative estimate of drug-likeness (QED) is 0.590.